The van der Waals surface area contributed by atoms with E-state index in [1.54, 1.807) is 40.9 Å². The van der Waals surface area contributed by atoms with Crippen molar-refractivity contribution in [2.75, 3.05) is 33.3 Å². The van der Waals surface area contributed by atoms with Gasteiger partial charge in [-0.25, -0.2) is 13.2 Å². The molecule has 3 aromatic rings. The van der Waals surface area contributed by atoms with Gasteiger partial charge < -0.3 is 9.84 Å². The number of pyridine rings is 1. The summed E-state index contributed by atoms with van der Waals surface area (Å²) in [5, 5.41) is 11.1. The quantitative estimate of drug-likeness (QED) is 0.506. The lowest BCUT2D eigenvalue weighted by Crippen LogP contribution is -2.49. The van der Waals surface area contributed by atoms with Crippen LogP contribution in [0.2, 0.25) is 0 Å². The lowest BCUT2D eigenvalue weighted by Gasteiger charge is -2.33. The first-order valence-corrected chi connectivity index (χ1v) is 12.9. The first-order valence-electron chi connectivity index (χ1n) is 11.5. The number of ether oxygens (including phenoxy) is 1. The molecule has 1 aliphatic carbocycles. The standard InChI is InChI=1S/C24H28N4O5S/c1-33-19-7-9-20(10-8-19)34(31,32)26-14-12-25(13-15-26)17-21-23(29)27-11-3-2-4-22(27)28(24(21)30)16-18-5-6-18/h2-4,7-11,18H,5-6,12-17H2,1H3/p+1. The zero-order chi connectivity index (χ0) is 23.9. The van der Waals surface area contributed by atoms with Crippen LogP contribution < -0.4 is 14.9 Å². The van der Waals surface area contributed by atoms with Gasteiger partial charge in [-0.1, -0.05) is 6.07 Å². The summed E-state index contributed by atoms with van der Waals surface area (Å²) in [6, 6.07) is 11.9. The number of aromatic nitrogens is 2. The third kappa shape index (κ3) is 4.28. The molecule has 3 heterocycles. The summed E-state index contributed by atoms with van der Waals surface area (Å²) in [6.07, 6.45) is 3.98. The van der Waals surface area contributed by atoms with Crippen LogP contribution in [0.5, 0.6) is 11.6 Å². The van der Waals surface area contributed by atoms with Crippen LogP contribution in [-0.4, -0.2) is 60.4 Å². The number of methoxy groups -OCH3 is 1. The predicted octanol–water partition coefficient (Wildman–Crippen LogP) is 1.22. The monoisotopic (exact) mass is 485 g/mol. The predicted molar refractivity (Wildman–Crippen MR) is 125 cm³/mol. The highest BCUT2D eigenvalue weighted by atomic mass is 32.2. The lowest BCUT2D eigenvalue weighted by atomic mass is 10.2. The second kappa shape index (κ2) is 9.01. The third-order valence-corrected chi connectivity index (χ3v) is 8.58. The highest BCUT2D eigenvalue weighted by molar-refractivity contribution is 7.89. The smallest absolute Gasteiger partial charge is 0.350 e. The van der Waals surface area contributed by atoms with Crippen molar-refractivity contribution in [3.8, 4) is 11.6 Å². The van der Waals surface area contributed by atoms with E-state index in [2.05, 4.69) is 0 Å². The largest absolute Gasteiger partial charge is 0.497 e. The van der Waals surface area contributed by atoms with Gasteiger partial charge in [0.2, 0.25) is 10.0 Å². The van der Waals surface area contributed by atoms with E-state index in [-0.39, 0.29) is 22.9 Å². The molecule has 10 heteroatoms. The normalized spacial score (nSPS) is 17.8. The number of fused-ring (bicyclic) bond motifs is 1. The van der Waals surface area contributed by atoms with Crippen LogP contribution in [0.3, 0.4) is 0 Å². The van der Waals surface area contributed by atoms with E-state index < -0.39 is 10.0 Å². The summed E-state index contributed by atoms with van der Waals surface area (Å²) in [5.41, 5.74) is 0.778. The fourth-order valence-corrected chi connectivity index (χ4v) is 5.89. The molecule has 180 valence electrons. The van der Waals surface area contributed by atoms with Crippen LogP contribution in [0.4, 0.5) is 0 Å². The van der Waals surface area contributed by atoms with Crippen LogP contribution in [-0.2, 0) is 23.1 Å². The maximum absolute atomic E-state index is 13.2. The SMILES string of the molecule is COc1ccc(S(=O)(=O)N2CCN(Cc3c(O)[n+](CC4CC4)c4ccccn4c3=O)CC2)cc1. The van der Waals surface area contributed by atoms with E-state index in [0.29, 0.717) is 55.6 Å². The molecule has 0 bridgehead atoms. The maximum Gasteiger partial charge on any atom is 0.350 e. The fourth-order valence-electron chi connectivity index (χ4n) is 4.46. The third-order valence-electron chi connectivity index (χ3n) is 6.67. The molecule has 1 aromatic carbocycles. The van der Waals surface area contributed by atoms with Crippen molar-refractivity contribution in [3.05, 3.63) is 64.6 Å². The molecule has 2 aromatic heterocycles. The summed E-state index contributed by atoms with van der Waals surface area (Å²) in [5.74, 6) is 1.14. The van der Waals surface area contributed by atoms with E-state index in [1.807, 2.05) is 21.6 Å². The second-order valence-corrected chi connectivity index (χ2v) is 10.9. The van der Waals surface area contributed by atoms with Crippen molar-refractivity contribution in [2.24, 2.45) is 5.92 Å². The Hall–Kier alpha value is -2.95. The zero-order valence-electron chi connectivity index (χ0n) is 19.1. The van der Waals surface area contributed by atoms with E-state index in [0.717, 1.165) is 12.8 Å². The Balaban J connectivity index is 1.34. The summed E-state index contributed by atoms with van der Waals surface area (Å²) in [6.45, 7) is 2.51. The van der Waals surface area contributed by atoms with Crippen molar-refractivity contribution >= 4 is 15.7 Å². The van der Waals surface area contributed by atoms with Crippen LogP contribution in [0, 0.1) is 5.92 Å². The summed E-state index contributed by atoms with van der Waals surface area (Å²) < 4.78 is 36.1. The van der Waals surface area contributed by atoms with Gasteiger partial charge in [0.25, 0.3) is 11.5 Å². The molecule has 34 heavy (non-hydrogen) atoms. The second-order valence-electron chi connectivity index (χ2n) is 8.95. The van der Waals surface area contributed by atoms with E-state index >= 15 is 0 Å². The minimum absolute atomic E-state index is 0.0105. The molecule has 5 rings (SSSR count). The number of aromatic hydroxyl groups is 1. The van der Waals surface area contributed by atoms with Gasteiger partial charge in [-0.2, -0.15) is 13.3 Å². The average Bonchev–Trinajstić information content (AvgIpc) is 3.69. The molecule has 1 saturated heterocycles. The van der Waals surface area contributed by atoms with Gasteiger partial charge in [-0.3, -0.25) is 4.90 Å². The van der Waals surface area contributed by atoms with Gasteiger partial charge >= 0.3 is 5.56 Å². The topological polar surface area (TPSA) is 95.4 Å². The summed E-state index contributed by atoms with van der Waals surface area (Å²) in [4.78, 5) is 15.4. The Labute approximate surface area is 198 Å². The van der Waals surface area contributed by atoms with Crippen molar-refractivity contribution in [3.63, 3.8) is 0 Å². The number of nitrogens with zero attached hydrogens (tertiary/aromatic N) is 4. The van der Waals surface area contributed by atoms with Crippen molar-refractivity contribution in [2.45, 2.75) is 30.8 Å². The van der Waals surface area contributed by atoms with E-state index in [9.17, 15) is 18.3 Å². The molecule has 2 fully saturated rings. The molecule has 0 radical (unpaired) electrons. The molecule has 0 spiro atoms. The summed E-state index contributed by atoms with van der Waals surface area (Å²) in [7, 11) is -2.07. The molecule has 0 amide bonds. The first kappa shape index (κ1) is 22.8. The number of sulfonamides is 1. The molecular formula is C24H29N4O5S+. The lowest BCUT2D eigenvalue weighted by molar-refractivity contribution is -0.684. The molecule has 1 N–H and O–H groups in total. The minimum atomic E-state index is -3.61. The number of benzene rings is 1. The van der Waals surface area contributed by atoms with Gasteiger partial charge in [0.05, 0.1) is 24.7 Å². The molecule has 1 saturated carbocycles. The Bertz CT molecular complexity index is 1360. The van der Waals surface area contributed by atoms with Gasteiger partial charge in [0.1, 0.15) is 11.3 Å². The van der Waals surface area contributed by atoms with Crippen molar-refractivity contribution in [1.82, 2.24) is 13.6 Å². The Morgan fingerprint density at radius 3 is 2.41 bits per heavy atom. The molecular weight excluding hydrogens is 456 g/mol. The molecule has 9 nitrogen and oxygen atoms in total. The maximum atomic E-state index is 13.2. The number of hydrogen-bond donors (Lipinski definition) is 1. The minimum Gasteiger partial charge on any atom is -0.497 e. The van der Waals surface area contributed by atoms with Crippen LogP contribution in [0.15, 0.2) is 58.4 Å². The number of piperazine rings is 1. The Morgan fingerprint density at radius 1 is 1.06 bits per heavy atom. The van der Waals surface area contributed by atoms with Gasteiger partial charge in [-0.05, 0) is 49.1 Å². The Kier molecular flexibility index (Phi) is 6.05. The highest BCUT2D eigenvalue weighted by Gasteiger charge is 2.33. The van der Waals surface area contributed by atoms with Gasteiger partial charge in [-0.15, -0.1) is 0 Å². The van der Waals surface area contributed by atoms with Gasteiger partial charge in [0, 0.05) is 38.8 Å². The molecule has 0 unspecified atom stereocenters. The van der Waals surface area contributed by atoms with Crippen molar-refractivity contribution in [1.29, 1.82) is 0 Å². The van der Waals surface area contributed by atoms with Crippen LogP contribution in [0.1, 0.15) is 18.4 Å². The van der Waals surface area contributed by atoms with Crippen LogP contribution >= 0.6 is 0 Å². The first-order chi connectivity index (χ1) is 16.4. The number of rotatable bonds is 7. The Morgan fingerprint density at radius 2 is 1.76 bits per heavy atom. The highest BCUT2D eigenvalue weighted by Crippen LogP contribution is 2.30. The molecule has 0 atom stereocenters. The molecule has 2 aliphatic rings. The number of hydrogen-bond acceptors (Lipinski definition) is 6. The van der Waals surface area contributed by atoms with Crippen molar-refractivity contribution < 1.29 is 22.8 Å². The van der Waals surface area contributed by atoms with Gasteiger partial charge in [0.15, 0.2) is 0 Å². The fraction of sp³-hybridized carbons (Fsp3) is 0.417. The van der Waals surface area contributed by atoms with E-state index in [1.165, 1.54) is 11.4 Å². The van der Waals surface area contributed by atoms with E-state index in [4.69, 9.17) is 4.74 Å². The average molecular weight is 486 g/mol. The molecule has 1 aliphatic heterocycles. The summed E-state index contributed by atoms with van der Waals surface area (Å²) >= 11 is 0. The zero-order valence-corrected chi connectivity index (χ0v) is 19.9. The van der Waals surface area contributed by atoms with Crippen LogP contribution in [0.25, 0.3) is 5.65 Å².